The normalized spacial score (nSPS) is 11.4. The van der Waals surface area contributed by atoms with Gasteiger partial charge >= 0.3 is 0 Å². The van der Waals surface area contributed by atoms with Crippen molar-refractivity contribution in [3.8, 4) is 0 Å². The minimum Gasteiger partial charge on any atom is -0.355 e. The number of carbonyl (C=O) groups is 1. The zero-order valence-corrected chi connectivity index (χ0v) is 14.4. The van der Waals surface area contributed by atoms with Crippen LogP contribution in [0.4, 0.5) is 4.39 Å². The summed E-state index contributed by atoms with van der Waals surface area (Å²) in [4.78, 5) is 30.9. The topological polar surface area (TPSA) is 74.8 Å². The molecule has 0 aliphatic heterocycles. The van der Waals surface area contributed by atoms with Crippen molar-refractivity contribution >= 4 is 5.91 Å². The molecule has 0 atom stereocenters. The van der Waals surface area contributed by atoms with Crippen LogP contribution in [0.25, 0.3) is 0 Å². The van der Waals surface area contributed by atoms with E-state index < -0.39 is 5.41 Å². The summed E-state index contributed by atoms with van der Waals surface area (Å²) in [7, 11) is 0. The predicted octanol–water partition coefficient (Wildman–Crippen LogP) is 2.16. The zero-order chi connectivity index (χ0) is 17.9. The number of nitrogens with zero attached hydrogens (tertiary/aromatic N) is 1. The molecule has 2 aromatic rings. The molecule has 1 amide bonds. The quantitative estimate of drug-likeness (QED) is 0.882. The lowest BCUT2D eigenvalue weighted by Gasteiger charge is -2.26. The third-order valence-corrected chi connectivity index (χ3v) is 4.01. The lowest BCUT2D eigenvalue weighted by molar-refractivity contribution is -0.120. The Hall–Kier alpha value is -2.50. The first-order valence-electron chi connectivity index (χ1n) is 7.79. The summed E-state index contributed by atoms with van der Waals surface area (Å²) in [5.41, 5.74) is 0.565. The molecule has 0 spiro atoms. The number of hydrogen-bond acceptors (Lipinski definition) is 3. The van der Waals surface area contributed by atoms with Crippen LogP contribution >= 0.6 is 0 Å². The largest absolute Gasteiger partial charge is 0.355 e. The summed E-state index contributed by atoms with van der Waals surface area (Å²) in [5.74, 6) is -0.0761. The van der Waals surface area contributed by atoms with Crippen molar-refractivity contribution in [3.05, 3.63) is 63.1 Å². The van der Waals surface area contributed by atoms with Gasteiger partial charge in [-0.1, -0.05) is 32.0 Å². The van der Waals surface area contributed by atoms with Gasteiger partial charge in [0, 0.05) is 23.2 Å². The number of H-pyrrole nitrogens is 1. The Morgan fingerprint density at radius 2 is 1.96 bits per heavy atom. The first-order chi connectivity index (χ1) is 11.2. The molecule has 2 rings (SSSR count). The van der Waals surface area contributed by atoms with Crippen LogP contribution in [0.3, 0.4) is 0 Å². The fourth-order valence-corrected chi connectivity index (χ4v) is 2.61. The molecule has 0 saturated carbocycles. The highest BCUT2D eigenvalue weighted by molar-refractivity contribution is 5.78. The SMILES string of the molecule is Cc1nc(C)c(CC(=O)NCC(C)(C)c2ccccc2F)c(=O)[nH]1. The number of nitrogens with one attached hydrogen (secondary N) is 2. The van der Waals surface area contributed by atoms with Gasteiger partial charge in [-0.15, -0.1) is 0 Å². The molecule has 128 valence electrons. The Morgan fingerprint density at radius 1 is 1.29 bits per heavy atom. The van der Waals surface area contributed by atoms with Crippen molar-refractivity contribution in [2.75, 3.05) is 6.54 Å². The third kappa shape index (κ3) is 4.07. The van der Waals surface area contributed by atoms with Gasteiger partial charge in [0.2, 0.25) is 5.91 Å². The van der Waals surface area contributed by atoms with Crippen LogP contribution in [0.2, 0.25) is 0 Å². The Kier molecular flexibility index (Phi) is 5.17. The number of amides is 1. The summed E-state index contributed by atoms with van der Waals surface area (Å²) in [6.07, 6.45) is -0.0538. The Balaban J connectivity index is 2.06. The van der Waals surface area contributed by atoms with E-state index in [0.717, 1.165) is 0 Å². The lowest BCUT2D eigenvalue weighted by Crippen LogP contribution is -2.38. The second kappa shape index (κ2) is 6.95. The standard InChI is InChI=1S/C18H22FN3O2/c1-11-13(17(24)22-12(2)21-11)9-16(23)20-10-18(3,4)14-7-5-6-8-15(14)19/h5-8H,9-10H2,1-4H3,(H,20,23)(H,21,22,24). The summed E-state index contributed by atoms with van der Waals surface area (Å²) in [6, 6.07) is 6.51. The highest BCUT2D eigenvalue weighted by Crippen LogP contribution is 2.24. The lowest BCUT2D eigenvalue weighted by atomic mass is 9.84. The van der Waals surface area contributed by atoms with Crippen LogP contribution in [0.5, 0.6) is 0 Å². The maximum Gasteiger partial charge on any atom is 0.254 e. The minimum absolute atomic E-state index is 0.0538. The van der Waals surface area contributed by atoms with Crippen LogP contribution in [0, 0.1) is 19.7 Å². The second-order valence-corrected chi connectivity index (χ2v) is 6.53. The molecule has 0 unspecified atom stereocenters. The number of halogens is 1. The van der Waals surface area contributed by atoms with Crippen molar-refractivity contribution in [1.82, 2.24) is 15.3 Å². The number of rotatable bonds is 5. The summed E-state index contributed by atoms with van der Waals surface area (Å²) >= 11 is 0. The molecular weight excluding hydrogens is 309 g/mol. The number of aromatic amines is 1. The smallest absolute Gasteiger partial charge is 0.254 e. The van der Waals surface area contributed by atoms with Gasteiger partial charge < -0.3 is 10.3 Å². The van der Waals surface area contributed by atoms with E-state index in [1.807, 2.05) is 13.8 Å². The highest BCUT2D eigenvalue weighted by atomic mass is 19.1. The number of hydrogen-bond donors (Lipinski definition) is 2. The van der Waals surface area contributed by atoms with Crippen molar-refractivity contribution in [2.24, 2.45) is 0 Å². The van der Waals surface area contributed by atoms with Gasteiger partial charge in [0.15, 0.2) is 0 Å². The van der Waals surface area contributed by atoms with Crippen molar-refractivity contribution in [3.63, 3.8) is 0 Å². The average molecular weight is 331 g/mol. The number of benzene rings is 1. The molecule has 0 fully saturated rings. The Bertz CT molecular complexity index is 812. The van der Waals surface area contributed by atoms with E-state index in [4.69, 9.17) is 0 Å². The van der Waals surface area contributed by atoms with Crippen molar-refractivity contribution < 1.29 is 9.18 Å². The van der Waals surface area contributed by atoms with Gasteiger partial charge in [-0.25, -0.2) is 9.37 Å². The number of aromatic nitrogens is 2. The monoisotopic (exact) mass is 331 g/mol. The van der Waals surface area contributed by atoms with E-state index in [1.165, 1.54) is 6.07 Å². The molecular formula is C18H22FN3O2. The zero-order valence-electron chi connectivity index (χ0n) is 14.4. The first kappa shape index (κ1) is 17.8. The van der Waals surface area contributed by atoms with Crippen LogP contribution < -0.4 is 10.9 Å². The minimum atomic E-state index is -0.562. The predicted molar refractivity (Wildman–Crippen MR) is 90.5 cm³/mol. The van der Waals surface area contributed by atoms with Gasteiger partial charge in [0.25, 0.3) is 5.56 Å². The van der Waals surface area contributed by atoms with E-state index in [9.17, 15) is 14.0 Å². The highest BCUT2D eigenvalue weighted by Gasteiger charge is 2.24. The number of carbonyl (C=O) groups excluding carboxylic acids is 1. The Morgan fingerprint density at radius 3 is 2.58 bits per heavy atom. The van der Waals surface area contributed by atoms with Crippen LogP contribution in [0.15, 0.2) is 29.1 Å². The molecule has 0 radical (unpaired) electrons. The molecule has 5 nitrogen and oxygen atoms in total. The summed E-state index contributed by atoms with van der Waals surface area (Å²) in [5, 5.41) is 2.78. The molecule has 6 heteroatoms. The maximum atomic E-state index is 13.9. The summed E-state index contributed by atoms with van der Waals surface area (Å²) in [6.45, 7) is 7.38. The van der Waals surface area contributed by atoms with Gasteiger partial charge in [0.05, 0.1) is 6.42 Å². The van der Waals surface area contributed by atoms with E-state index in [0.29, 0.717) is 22.6 Å². The van der Waals surface area contributed by atoms with Gasteiger partial charge in [-0.3, -0.25) is 9.59 Å². The molecule has 0 saturated heterocycles. The van der Waals surface area contributed by atoms with Gasteiger partial charge in [-0.2, -0.15) is 0 Å². The molecule has 0 bridgehead atoms. The molecule has 24 heavy (non-hydrogen) atoms. The third-order valence-electron chi connectivity index (χ3n) is 4.01. The van der Waals surface area contributed by atoms with E-state index in [-0.39, 0.29) is 30.2 Å². The van der Waals surface area contributed by atoms with Crippen LogP contribution in [0.1, 0.15) is 36.5 Å². The van der Waals surface area contributed by atoms with E-state index in [1.54, 1.807) is 32.0 Å². The molecule has 1 heterocycles. The van der Waals surface area contributed by atoms with Crippen molar-refractivity contribution in [2.45, 2.75) is 39.5 Å². The van der Waals surface area contributed by atoms with E-state index in [2.05, 4.69) is 15.3 Å². The van der Waals surface area contributed by atoms with Crippen molar-refractivity contribution in [1.29, 1.82) is 0 Å². The molecule has 1 aromatic heterocycles. The number of aryl methyl sites for hydroxylation is 2. The Labute approximate surface area is 140 Å². The van der Waals surface area contributed by atoms with Crippen LogP contribution in [-0.2, 0) is 16.6 Å². The maximum absolute atomic E-state index is 13.9. The fourth-order valence-electron chi connectivity index (χ4n) is 2.61. The first-order valence-corrected chi connectivity index (χ1v) is 7.79. The molecule has 2 N–H and O–H groups in total. The molecule has 0 aliphatic carbocycles. The fraction of sp³-hybridized carbons (Fsp3) is 0.389. The molecule has 1 aromatic carbocycles. The van der Waals surface area contributed by atoms with E-state index >= 15 is 0 Å². The van der Waals surface area contributed by atoms with Gasteiger partial charge in [0.1, 0.15) is 11.6 Å². The molecule has 0 aliphatic rings. The second-order valence-electron chi connectivity index (χ2n) is 6.53. The average Bonchev–Trinajstić information content (AvgIpc) is 2.49. The van der Waals surface area contributed by atoms with Crippen LogP contribution in [-0.4, -0.2) is 22.4 Å². The summed E-state index contributed by atoms with van der Waals surface area (Å²) < 4.78 is 13.9. The van der Waals surface area contributed by atoms with Gasteiger partial charge in [-0.05, 0) is 25.5 Å².